The fourth-order valence-electron chi connectivity index (χ4n) is 2.05. The average molecular weight is 281 g/mol. The number of anilines is 1. The third kappa shape index (κ3) is 4.14. The van der Waals surface area contributed by atoms with Crippen molar-refractivity contribution in [3.63, 3.8) is 0 Å². The summed E-state index contributed by atoms with van der Waals surface area (Å²) >= 11 is 1.59. The highest BCUT2D eigenvalue weighted by Gasteiger charge is 2.15. The molecule has 0 bridgehead atoms. The highest BCUT2D eigenvalue weighted by molar-refractivity contribution is 7.98. The lowest BCUT2D eigenvalue weighted by Gasteiger charge is -2.27. The largest absolute Gasteiger partial charge is 0.395 e. The van der Waals surface area contributed by atoms with Crippen LogP contribution in [0.15, 0.2) is 23.1 Å². The number of nitrogens with zero attached hydrogens (tertiary/aromatic N) is 1. The molecule has 0 unspecified atom stereocenters. The summed E-state index contributed by atoms with van der Waals surface area (Å²) in [5.41, 5.74) is 7.46. The molecule has 0 aliphatic heterocycles. The molecule has 19 heavy (non-hydrogen) atoms. The number of aliphatic hydroxyl groups excluding tert-OH is 1. The summed E-state index contributed by atoms with van der Waals surface area (Å²) in [5, 5.41) is 17.0. The second-order valence-corrected chi connectivity index (χ2v) is 5.18. The molecule has 1 aromatic carbocycles. The molecule has 0 aromatic heterocycles. The lowest BCUT2D eigenvalue weighted by molar-refractivity contribution is 0.301. The molecule has 0 saturated heterocycles. The summed E-state index contributed by atoms with van der Waals surface area (Å²) in [7, 11) is 0. The number of nitrogens with two attached hydrogens (primary N) is 1. The maximum absolute atomic E-state index is 9.22. The summed E-state index contributed by atoms with van der Waals surface area (Å²) in [4.78, 5) is 3.12. The third-order valence-corrected chi connectivity index (χ3v) is 3.77. The minimum absolute atomic E-state index is 0.0828. The van der Waals surface area contributed by atoms with Gasteiger partial charge < -0.3 is 15.7 Å². The van der Waals surface area contributed by atoms with Crippen LogP contribution in [-0.4, -0.2) is 36.9 Å². The predicted octanol–water partition coefficient (Wildman–Crippen LogP) is 2.29. The third-order valence-electron chi connectivity index (χ3n) is 2.99. The van der Waals surface area contributed by atoms with Gasteiger partial charge in [-0.15, -0.1) is 11.8 Å². The topological polar surface area (TPSA) is 73.3 Å². The summed E-state index contributed by atoms with van der Waals surface area (Å²) in [6.07, 6.45) is 4.13. The Labute approximate surface area is 119 Å². The molecule has 5 heteroatoms. The number of nitrogens with one attached hydrogen (secondary N) is 1. The molecule has 4 N–H and O–H groups in total. The molecule has 0 heterocycles. The van der Waals surface area contributed by atoms with E-state index in [0.29, 0.717) is 6.54 Å². The average Bonchev–Trinajstić information content (AvgIpc) is 2.42. The van der Waals surface area contributed by atoms with E-state index in [1.165, 1.54) is 0 Å². The molecular formula is C14H23N3OS. The van der Waals surface area contributed by atoms with Gasteiger partial charge in [-0.1, -0.05) is 19.4 Å². The highest BCUT2D eigenvalue weighted by Crippen LogP contribution is 2.29. The molecule has 4 nitrogen and oxygen atoms in total. The van der Waals surface area contributed by atoms with Gasteiger partial charge in [0, 0.05) is 23.7 Å². The normalized spacial score (nSPS) is 10.5. The first-order valence-electron chi connectivity index (χ1n) is 6.52. The summed E-state index contributed by atoms with van der Waals surface area (Å²) in [6.45, 7) is 3.68. The van der Waals surface area contributed by atoms with Crippen molar-refractivity contribution in [3.8, 4) is 0 Å². The van der Waals surface area contributed by atoms with E-state index in [-0.39, 0.29) is 12.4 Å². The zero-order valence-corrected chi connectivity index (χ0v) is 12.5. The van der Waals surface area contributed by atoms with E-state index in [4.69, 9.17) is 11.1 Å². The Morgan fingerprint density at radius 2 is 2.16 bits per heavy atom. The number of unbranched alkanes of at least 4 members (excludes halogenated alkanes) is 1. The Hall–Kier alpha value is -1.20. The van der Waals surface area contributed by atoms with Gasteiger partial charge in [0.05, 0.1) is 12.2 Å². The first-order chi connectivity index (χ1) is 9.15. The van der Waals surface area contributed by atoms with Crippen molar-refractivity contribution in [2.24, 2.45) is 5.73 Å². The fourth-order valence-corrected chi connectivity index (χ4v) is 2.68. The molecule has 0 amide bonds. The van der Waals surface area contributed by atoms with Crippen LogP contribution in [0.1, 0.15) is 25.3 Å². The van der Waals surface area contributed by atoms with Crippen LogP contribution in [0, 0.1) is 5.41 Å². The second kappa shape index (κ2) is 8.07. The molecule has 0 aliphatic carbocycles. The van der Waals surface area contributed by atoms with Gasteiger partial charge in [-0.2, -0.15) is 0 Å². The number of amidine groups is 1. The van der Waals surface area contributed by atoms with E-state index in [9.17, 15) is 5.11 Å². The Kier molecular flexibility index (Phi) is 6.73. The number of benzene rings is 1. The van der Waals surface area contributed by atoms with Crippen LogP contribution in [0.4, 0.5) is 5.69 Å². The summed E-state index contributed by atoms with van der Waals surface area (Å²) in [6, 6.07) is 5.92. The monoisotopic (exact) mass is 281 g/mol. The van der Waals surface area contributed by atoms with Gasteiger partial charge >= 0.3 is 0 Å². The van der Waals surface area contributed by atoms with Crippen molar-refractivity contribution in [2.75, 3.05) is 30.9 Å². The number of rotatable bonds is 8. The highest BCUT2D eigenvalue weighted by atomic mass is 32.2. The lowest BCUT2D eigenvalue weighted by atomic mass is 10.1. The zero-order valence-electron chi connectivity index (χ0n) is 11.6. The molecule has 0 aliphatic rings. The standard InChI is InChI=1S/C14H23N3OS/c1-3-4-8-17(9-10-18)11-6-5-7-12(19-2)13(11)14(15)16/h5-7,18H,3-4,8-10H2,1-2H3,(H3,15,16). The Morgan fingerprint density at radius 3 is 2.68 bits per heavy atom. The fraction of sp³-hybridized carbons (Fsp3) is 0.500. The van der Waals surface area contributed by atoms with E-state index >= 15 is 0 Å². The van der Waals surface area contributed by atoms with Crippen molar-refractivity contribution in [1.82, 2.24) is 0 Å². The molecule has 0 spiro atoms. The molecule has 0 saturated carbocycles. The van der Waals surface area contributed by atoms with Crippen LogP contribution in [0.3, 0.4) is 0 Å². The van der Waals surface area contributed by atoms with Crippen LogP contribution < -0.4 is 10.6 Å². The number of nitrogen functional groups attached to an aromatic ring is 1. The van der Waals surface area contributed by atoms with Crippen molar-refractivity contribution >= 4 is 23.3 Å². The van der Waals surface area contributed by atoms with E-state index in [0.717, 1.165) is 35.5 Å². The maximum atomic E-state index is 9.22. The first-order valence-corrected chi connectivity index (χ1v) is 7.75. The van der Waals surface area contributed by atoms with Crippen LogP contribution >= 0.6 is 11.8 Å². The lowest BCUT2D eigenvalue weighted by Crippen LogP contribution is -2.30. The first kappa shape index (κ1) is 15.9. The second-order valence-electron chi connectivity index (χ2n) is 4.33. The molecule has 1 rings (SSSR count). The van der Waals surface area contributed by atoms with Crippen LogP contribution in [0.2, 0.25) is 0 Å². The maximum Gasteiger partial charge on any atom is 0.126 e. The zero-order chi connectivity index (χ0) is 14.3. The molecule has 106 valence electrons. The van der Waals surface area contributed by atoms with Gasteiger partial charge in [-0.25, -0.2) is 0 Å². The van der Waals surface area contributed by atoms with E-state index in [1.54, 1.807) is 11.8 Å². The number of hydrogen-bond donors (Lipinski definition) is 3. The molecule has 0 fully saturated rings. The van der Waals surface area contributed by atoms with Gasteiger partial charge in [0.15, 0.2) is 0 Å². The summed E-state index contributed by atoms with van der Waals surface area (Å²) in [5.74, 6) is 0.0828. The number of thioether (sulfide) groups is 1. The number of aliphatic hydroxyl groups is 1. The molecular weight excluding hydrogens is 258 g/mol. The van der Waals surface area contributed by atoms with Gasteiger partial charge in [-0.3, -0.25) is 5.41 Å². The molecule has 0 radical (unpaired) electrons. The van der Waals surface area contributed by atoms with E-state index < -0.39 is 0 Å². The minimum atomic E-state index is 0.0828. The van der Waals surface area contributed by atoms with E-state index in [2.05, 4.69) is 11.8 Å². The van der Waals surface area contributed by atoms with Gasteiger partial charge in [-0.05, 0) is 24.8 Å². The SMILES string of the molecule is CCCCN(CCO)c1cccc(SC)c1C(=N)N. The van der Waals surface area contributed by atoms with Gasteiger partial charge in [0.25, 0.3) is 0 Å². The quantitative estimate of drug-likeness (QED) is 0.388. The summed E-state index contributed by atoms with van der Waals surface area (Å²) < 4.78 is 0. The molecule has 1 aromatic rings. The Morgan fingerprint density at radius 1 is 1.42 bits per heavy atom. The number of hydrogen-bond acceptors (Lipinski definition) is 4. The smallest absolute Gasteiger partial charge is 0.126 e. The van der Waals surface area contributed by atoms with Crippen molar-refractivity contribution < 1.29 is 5.11 Å². The van der Waals surface area contributed by atoms with E-state index in [1.807, 2.05) is 24.5 Å². The molecule has 0 atom stereocenters. The van der Waals surface area contributed by atoms with Crippen molar-refractivity contribution in [3.05, 3.63) is 23.8 Å². The van der Waals surface area contributed by atoms with Gasteiger partial charge in [0.1, 0.15) is 5.84 Å². The van der Waals surface area contributed by atoms with Crippen LogP contribution in [-0.2, 0) is 0 Å². The van der Waals surface area contributed by atoms with Gasteiger partial charge in [0.2, 0.25) is 0 Å². The minimum Gasteiger partial charge on any atom is -0.395 e. The van der Waals surface area contributed by atoms with Crippen LogP contribution in [0.25, 0.3) is 0 Å². The van der Waals surface area contributed by atoms with Crippen molar-refractivity contribution in [1.29, 1.82) is 5.41 Å². The Bertz CT molecular complexity index is 423. The Balaban J connectivity index is 3.16. The van der Waals surface area contributed by atoms with Crippen molar-refractivity contribution in [2.45, 2.75) is 24.7 Å². The predicted molar refractivity (Wildman–Crippen MR) is 83.4 cm³/mol. The van der Waals surface area contributed by atoms with Crippen LogP contribution in [0.5, 0.6) is 0 Å².